The fourth-order valence-electron chi connectivity index (χ4n) is 3.46. The third-order valence-corrected chi connectivity index (χ3v) is 5.85. The van der Waals surface area contributed by atoms with Crippen molar-refractivity contribution in [2.75, 3.05) is 0 Å². The van der Waals surface area contributed by atoms with Crippen LogP contribution in [0, 0.1) is 0 Å². The first kappa shape index (κ1) is 18.3. The van der Waals surface area contributed by atoms with E-state index in [4.69, 9.17) is 4.98 Å². The third kappa shape index (κ3) is 3.49. The number of H-pyrrole nitrogens is 1. The van der Waals surface area contributed by atoms with Crippen LogP contribution in [0.4, 0.5) is 0 Å². The number of hydrogen-bond donors (Lipinski definition) is 1. The summed E-state index contributed by atoms with van der Waals surface area (Å²) >= 11 is 1.65. The highest BCUT2D eigenvalue weighted by Gasteiger charge is 2.16. The molecule has 4 heteroatoms. The zero-order valence-electron chi connectivity index (χ0n) is 16.1. The molecule has 3 aromatic carbocycles. The zero-order chi connectivity index (χ0) is 20.3. The summed E-state index contributed by atoms with van der Waals surface area (Å²) in [7, 11) is 0. The van der Waals surface area contributed by atoms with Crippen molar-refractivity contribution in [3.63, 3.8) is 0 Å². The molecule has 2 aromatic heterocycles. The Labute approximate surface area is 178 Å². The number of hydrogen-bond acceptors (Lipinski definition) is 3. The second kappa shape index (κ2) is 7.93. The van der Waals surface area contributed by atoms with Gasteiger partial charge in [0.15, 0.2) is 5.78 Å². The lowest BCUT2D eigenvalue weighted by Gasteiger charge is -2.05. The van der Waals surface area contributed by atoms with Gasteiger partial charge in [0.05, 0.1) is 16.3 Å². The minimum Gasteiger partial charge on any atom is -0.337 e. The molecule has 0 bridgehead atoms. The van der Waals surface area contributed by atoms with E-state index in [1.165, 1.54) is 0 Å². The van der Waals surface area contributed by atoms with Gasteiger partial charge in [-0.15, -0.1) is 11.3 Å². The van der Waals surface area contributed by atoms with Gasteiger partial charge >= 0.3 is 0 Å². The Bertz CT molecular complexity index is 1270. The van der Waals surface area contributed by atoms with Crippen molar-refractivity contribution in [2.24, 2.45) is 0 Å². The van der Waals surface area contributed by atoms with Gasteiger partial charge in [0, 0.05) is 22.3 Å². The second-order valence-electron chi connectivity index (χ2n) is 6.92. The number of nitrogens with one attached hydrogen (secondary N) is 1. The maximum Gasteiger partial charge on any atom is 0.193 e. The molecule has 5 aromatic rings. The average Bonchev–Trinajstić information content (AvgIpc) is 3.50. The van der Waals surface area contributed by atoms with E-state index in [0.29, 0.717) is 11.1 Å². The molecular formula is C26H18N2OS. The second-order valence-corrected chi connectivity index (χ2v) is 7.87. The van der Waals surface area contributed by atoms with Crippen LogP contribution in [0.1, 0.15) is 15.9 Å². The Morgan fingerprint density at radius 2 is 1.37 bits per heavy atom. The van der Waals surface area contributed by atoms with Gasteiger partial charge in [0.25, 0.3) is 0 Å². The van der Waals surface area contributed by atoms with Gasteiger partial charge in [-0.25, -0.2) is 4.98 Å². The largest absolute Gasteiger partial charge is 0.337 e. The van der Waals surface area contributed by atoms with Gasteiger partial charge in [0.2, 0.25) is 0 Å². The first-order valence-electron chi connectivity index (χ1n) is 9.69. The number of imidazole rings is 1. The van der Waals surface area contributed by atoms with Gasteiger partial charge in [-0.1, -0.05) is 91.0 Å². The van der Waals surface area contributed by atoms with E-state index < -0.39 is 0 Å². The molecule has 5 rings (SSSR count). The number of benzene rings is 3. The standard InChI is InChI=1S/C26H18N2OS/c29-25(20-10-5-2-6-11-20)21-15-13-19(14-16-21)24-23(18-8-3-1-4-9-18)27-26(28-24)22-12-7-17-30-22/h1-17H,(H,27,28). The Balaban J connectivity index is 1.56. The molecule has 1 N–H and O–H groups in total. The van der Waals surface area contributed by atoms with Crippen molar-refractivity contribution >= 4 is 17.1 Å². The maximum absolute atomic E-state index is 12.7. The minimum atomic E-state index is 0.0225. The van der Waals surface area contributed by atoms with Gasteiger partial charge in [0.1, 0.15) is 5.82 Å². The van der Waals surface area contributed by atoms with Gasteiger partial charge in [-0.05, 0) is 11.4 Å². The first-order valence-corrected chi connectivity index (χ1v) is 10.6. The summed E-state index contributed by atoms with van der Waals surface area (Å²) in [6, 6.07) is 31.3. The van der Waals surface area contributed by atoms with E-state index in [1.54, 1.807) is 11.3 Å². The van der Waals surface area contributed by atoms with Crippen LogP contribution in [0.2, 0.25) is 0 Å². The Morgan fingerprint density at radius 3 is 2.03 bits per heavy atom. The topological polar surface area (TPSA) is 45.8 Å². The summed E-state index contributed by atoms with van der Waals surface area (Å²) in [6.45, 7) is 0. The Kier molecular flexibility index (Phi) is 4.83. The summed E-state index contributed by atoms with van der Waals surface area (Å²) in [5.41, 5.74) is 5.26. The van der Waals surface area contributed by atoms with Crippen molar-refractivity contribution in [1.82, 2.24) is 9.97 Å². The number of nitrogens with zero attached hydrogens (tertiary/aromatic N) is 1. The molecule has 0 saturated carbocycles. The van der Waals surface area contributed by atoms with Crippen LogP contribution in [-0.4, -0.2) is 15.8 Å². The highest BCUT2D eigenvalue weighted by Crippen LogP contribution is 2.34. The molecule has 0 fully saturated rings. The van der Waals surface area contributed by atoms with E-state index in [0.717, 1.165) is 33.2 Å². The number of aromatic nitrogens is 2. The fraction of sp³-hybridized carbons (Fsp3) is 0. The molecular weight excluding hydrogens is 388 g/mol. The Morgan fingerprint density at radius 1 is 0.700 bits per heavy atom. The molecule has 0 saturated heterocycles. The van der Waals surface area contributed by atoms with Gasteiger partial charge in [-0.2, -0.15) is 0 Å². The quantitative estimate of drug-likeness (QED) is 0.330. The molecule has 0 radical (unpaired) electrons. The molecule has 0 unspecified atom stereocenters. The first-order chi connectivity index (χ1) is 14.8. The van der Waals surface area contributed by atoms with Crippen LogP contribution in [0.5, 0.6) is 0 Å². The summed E-state index contributed by atoms with van der Waals surface area (Å²) in [6.07, 6.45) is 0. The average molecular weight is 407 g/mol. The molecule has 0 amide bonds. The van der Waals surface area contributed by atoms with Crippen LogP contribution >= 0.6 is 11.3 Å². The van der Waals surface area contributed by atoms with Crippen molar-refractivity contribution in [3.8, 4) is 33.2 Å². The predicted molar refractivity (Wildman–Crippen MR) is 123 cm³/mol. The molecule has 30 heavy (non-hydrogen) atoms. The van der Waals surface area contributed by atoms with E-state index in [2.05, 4.69) is 23.2 Å². The van der Waals surface area contributed by atoms with Crippen molar-refractivity contribution in [2.45, 2.75) is 0 Å². The SMILES string of the molecule is O=C(c1ccccc1)c1ccc(-c2[nH]c(-c3cccs3)nc2-c2ccccc2)cc1. The third-order valence-electron chi connectivity index (χ3n) is 4.98. The van der Waals surface area contributed by atoms with Crippen LogP contribution in [-0.2, 0) is 0 Å². The van der Waals surface area contributed by atoms with Gasteiger partial charge in [-0.3, -0.25) is 4.79 Å². The van der Waals surface area contributed by atoms with Crippen LogP contribution < -0.4 is 0 Å². The van der Waals surface area contributed by atoms with Crippen molar-refractivity contribution < 1.29 is 4.79 Å². The lowest BCUT2D eigenvalue weighted by molar-refractivity contribution is 0.103. The molecule has 0 spiro atoms. The summed E-state index contributed by atoms with van der Waals surface area (Å²) < 4.78 is 0. The summed E-state index contributed by atoms with van der Waals surface area (Å²) in [5, 5.41) is 2.05. The van der Waals surface area contributed by atoms with Crippen LogP contribution in [0.15, 0.2) is 102 Å². The van der Waals surface area contributed by atoms with Crippen molar-refractivity contribution in [1.29, 1.82) is 0 Å². The summed E-state index contributed by atoms with van der Waals surface area (Å²) in [5.74, 6) is 0.873. The van der Waals surface area contributed by atoms with Gasteiger partial charge < -0.3 is 4.98 Å². The lowest BCUT2D eigenvalue weighted by Crippen LogP contribution is -2.00. The minimum absolute atomic E-state index is 0.0225. The zero-order valence-corrected chi connectivity index (χ0v) is 16.9. The number of carbonyl (C=O) groups excluding carboxylic acids is 1. The fourth-order valence-corrected chi connectivity index (χ4v) is 4.13. The van der Waals surface area contributed by atoms with E-state index >= 15 is 0 Å². The number of rotatable bonds is 5. The van der Waals surface area contributed by atoms with E-state index in [-0.39, 0.29) is 5.78 Å². The van der Waals surface area contributed by atoms with Crippen molar-refractivity contribution in [3.05, 3.63) is 114 Å². The number of aromatic amines is 1. The highest BCUT2D eigenvalue weighted by atomic mass is 32.1. The number of thiophene rings is 1. The predicted octanol–water partition coefficient (Wildman–Crippen LogP) is 6.70. The molecule has 0 aliphatic carbocycles. The smallest absolute Gasteiger partial charge is 0.193 e. The van der Waals surface area contributed by atoms with E-state index in [1.807, 2.05) is 84.2 Å². The van der Waals surface area contributed by atoms with Crippen LogP contribution in [0.3, 0.4) is 0 Å². The van der Waals surface area contributed by atoms with E-state index in [9.17, 15) is 4.79 Å². The lowest BCUT2D eigenvalue weighted by atomic mass is 10.00. The number of carbonyl (C=O) groups is 1. The van der Waals surface area contributed by atoms with Crippen LogP contribution in [0.25, 0.3) is 33.2 Å². The molecule has 0 aliphatic rings. The number of ketones is 1. The molecule has 0 atom stereocenters. The Hall–Kier alpha value is -3.76. The highest BCUT2D eigenvalue weighted by molar-refractivity contribution is 7.13. The monoisotopic (exact) mass is 406 g/mol. The molecule has 2 heterocycles. The molecule has 0 aliphatic heterocycles. The normalized spacial score (nSPS) is 10.8. The maximum atomic E-state index is 12.7. The summed E-state index contributed by atoms with van der Waals surface area (Å²) in [4.78, 5) is 22.2. The molecule has 3 nitrogen and oxygen atoms in total. The molecule has 144 valence electrons.